The topological polar surface area (TPSA) is 39.2 Å². The number of halogens is 3. The Morgan fingerprint density at radius 3 is 2.50 bits per heavy atom. The summed E-state index contributed by atoms with van der Waals surface area (Å²) >= 11 is 13.3. The summed E-state index contributed by atoms with van der Waals surface area (Å²) in [7, 11) is 0. The fraction of sp³-hybridized carbons (Fsp3) is 0.400. The van der Waals surface area contributed by atoms with Crippen molar-refractivity contribution >= 4 is 68.3 Å². The van der Waals surface area contributed by atoms with Crippen molar-refractivity contribution in [3.8, 4) is 0 Å². The van der Waals surface area contributed by atoms with Crippen molar-refractivity contribution in [3.63, 3.8) is 0 Å². The van der Waals surface area contributed by atoms with Crippen molar-refractivity contribution in [2.24, 2.45) is 0 Å². The van der Waals surface area contributed by atoms with Gasteiger partial charge >= 0.3 is 0 Å². The van der Waals surface area contributed by atoms with Crippen LogP contribution in [-0.2, 0) is 11.4 Å². The fourth-order valence-electron chi connectivity index (χ4n) is 1.95. The molecule has 2 atom stereocenters. The Bertz CT molecular complexity index is 693. The second kappa shape index (κ2) is 6.99. The zero-order chi connectivity index (χ0) is 16.7. The summed E-state index contributed by atoms with van der Waals surface area (Å²) in [4.78, 5) is 4.42. The highest BCUT2D eigenvalue weighted by molar-refractivity contribution is 14.1. The molecule has 0 bridgehead atoms. The molecule has 1 aromatic carbocycles. The first-order valence-corrected chi connectivity index (χ1v) is 9.56. The highest BCUT2D eigenvalue weighted by Gasteiger charge is 2.36. The molecule has 0 aliphatic heterocycles. The molecule has 0 fully saturated rings. The van der Waals surface area contributed by atoms with Crippen LogP contribution >= 0.6 is 46.1 Å². The molecule has 0 saturated heterocycles. The van der Waals surface area contributed by atoms with E-state index in [0.717, 1.165) is 16.5 Å². The zero-order valence-corrected chi connectivity index (χ0v) is 17.2. The summed E-state index contributed by atoms with van der Waals surface area (Å²) in [6.45, 7) is 7.81. The Morgan fingerprint density at radius 1 is 1.27 bits per heavy atom. The van der Waals surface area contributed by atoms with Gasteiger partial charge < -0.3 is 4.55 Å². The van der Waals surface area contributed by atoms with Crippen molar-refractivity contribution in [2.75, 3.05) is 0 Å². The minimum absolute atomic E-state index is 0.135. The van der Waals surface area contributed by atoms with Gasteiger partial charge in [0.2, 0.25) is 0 Å². The van der Waals surface area contributed by atoms with Gasteiger partial charge in [0.25, 0.3) is 0 Å². The molecule has 2 aromatic rings. The molecule has 3 nitrogen and oxygen atoms in total. The van der Waals surface area contributed by atoms with Gasteiger partial charge in [-0.25, -0.2) is 4.98 Å². The molecular weight excluding hydrogens is 454 g/mol. The van der Waals surface area contributed by atoms with Crippen molar-refractivity contribution in [3.05, 3.63) is 40.0 Å². The fourth-order valence-corrected chi connectivity index (χ4v) is 5.43. The lowest BCUT2D eigenvalue weighted by atomic mass is 10.1. The van der Waals surface area contributed by atoms with E-state index in [1.165, 1.54) is 0 Å². The van der Waals surface area contributed by atoms with Gasteiger partial charge in [-0.15, -0.1) is 0 Å². The standard InChI is InChI=1S/C15H17Cl2IN2OS/c1-9(20(18)22(21)15(2,3)4)12-8-10-7-11(16)5-6-13(10)19-14(12)17/h5-9H,1-4H3/t9-,22?/m1/s1. The summed E-state index contributed by atoms with van der Waals surface area (Å²) < 4.78 is 14.0. The summed E-state index contributed by atoms with van der Waals surface area (Å²) in [5.74, 6) is 0. The SMILES string of the molecule is C[C@H](c1cc2cc(Cl)ccc2nc1Cl)N(I)[S+]([O-])C(C)(C)C. The van der Waals surface area contributed by atoms with Crippen LogP contribution in [0.15, 0.2) is 24.3 Å². The average molecular weight is 471 g/mol. The van der Waals surface area contributed by atoms with E-state index in [1.54, 1.807) is 8.58 Å². The van der Waals surface area contributed by atoms with Gasteiger partial charge in [-0.3, -0.25) is 0 Å². The van der Waals surface area contributed by atoms with Gasteiger partial charge in [-0.2, -0.15) is 0 Å². The van der Waals surface area contributed by atoms with E-state index in [-0.39, 0.29) is 10.8 Å². The number of benzene rings is 1. The molecule has 120 valence electrons. The Kier molecular flexibility index (Phi) is 5.89. The predicted octanol–water partition coefficient (Wildman–Crippen LogP) is 5.72. The highest BCUT2D eigenvalue weighted by Crippen LogP contribution is 2.36. The minimum Gasteiger partial charge on any atom is -0.597 e. The minimum atomic E-state index is -1.15. The number of nitrogens with zero attached hydrogens (tertiary/aromatic N) is 2. The lowest BCUT2D eigenvalue weighted by molar-refractivity contribution is 0.482. The monoisotopic (exact) mass is 470 g/mol. The number of pyridine rings is 1. The average Bonchev–Trinajstić information content (AvgIpc) is 2.43. The molecule has 0 aliphatic rings. The molecule has 2 rings (SSSR count). The van der Waals surface area contributed by atoms with Gasteiger partial charge in [-0.05, 0) is 52.0 Å². The summed E-state index contributed by atoms with van der Waals surface area (Å²) in [6.07, 6.45) is 0. The van der Waals surface area contributed by atoms with Crippen LogP contribution in [0.1, 0.15) is 39.3 Å². The van der Waals surface area contributed by atoms with Crippen LogP contribution < -0.4 is 0 Å². The van der Waals surface area contributed by atoms with Gasteiger partial charge in [0.05, 0.1) is 45.8 Å². The maximum absolute atomic E-state index is 12.6. The maximum atomic E-state index is 12.6. The Hall–Kier alpha value is 0.210. The molecule has 22 heavy (non-hydrogen) atoms. The van der Waals surface area contributed by atoms with Gasteiger partial charge in [0.15, 0.2) is 0 Å². The van der Waals surface area contributed by atoms with Crippen LogP contribution in [0.5, 0.6) is 0 Å². The molecule has 0 aliphatic carbocycles. The molecule has 1 aromatic heterocycles. The normalized spacial score (nSPS) is 15.3. The first-order valence-electron chi connectivity index (χ1n) is 6.74. The summed E-state index contributed by atoms with van der Waals surface area (Å²) in [6, 6.07) is 7.31. The van der Waals surface area contributed by atoms with Crippen LogP contribution in [0.2, 0.25) is 10.2 Å². The van der Waals surface area contributed by atoms with Crippen molar-refractivity contribution in [2.45, 2.75) is 38.5 Å². The van der Waals surface area contributed by atoms with Crippen molar-refractivity contribution < 1.29 is 4.55 Å². The maximum Gasteiger partial charge on any atom is 0.138 e. The van der Waals surface area contributed by atoms with Gasteiger partial charge in [-0.1, -0.05) is 25.7 Å². The van der Waals surface area contributed by atoms with Crippen LogP contribution in [0.4, 0.5) is 0 Å². The van der Waals surface area contributed by atoms with Crippen LogP contribution in [0, 0.1) is 0 Å². The van der Waals surface area contributed by atoms with Gasteiger partial charge in [0, 0.05) is 16.0 Å². The molecule has 0 saturated carbocycles. The third-order valence-corrected chi connectivity index (χ3v) is 7.32. The lowest BCUT2D eigenvalue weighted by Gasteiger charge is -2.32. The number of aromatic nitrogens is 1. The third kappa shape index (κ3) is 3.99. The predicted molar refractivity (Wildman–Crippen MR) is 104 cm³/mol. The van der Waals surface area contributed by atoms with E-state index in [9.17, 15) is 4.55 Å². The molecular formula is C15H17Cl2IN2OS. The number of rotatable bonds is 3. The van der Waals surface area contributed by atoms with E-state index < -0.39 is 11.4 Å². The smallest absolute Gasteiger partial charge is 0.138 e. The van der Waals surface area contributed by atoms with E-state index in [2.05, 4.69) is 27.8 Å². The van der Waals surface area contributed by atoms with Crippen LogP contribution in [0.3, 0.4) is 0 Å². The van der Waals surface area contributed by atoms with Crippen molar-refractivity contribution in [1.82, 2.24) is 7.50 Å². The quantitative estimate of drug-likeness (QED) is 0.249. The van der Waals surface area contributed by atoms with Crippen LogP contribution in [-0.4, -0.2) is 16.8 Å². The molecule has 0 amide bonds. The largest absolute Gasteiger partial charge is 0.597 e. The van der Waals surface area contributed by atoms with E-state index in [4.69, 9.17) is 23.2 Å². The number of hydrogen-bond donors (Lipinski definition) is 0. The number of fused-ring (bicyclic) bond motifs is 1. The van der Waals surface area contributed by atoms with Crippen LogP contribution in [0.25, 0.3) is 10.9 Å². The van der Waals surface area contributed by atoms with E-state index >= 15 is 0 Å². The second-order valence-electron chi connectivity index (χ2n) is 6.01. The first kappa shape index (κ1) is 18.5. The molecule has 0 radical (unpaired) electrons. The molecule has 1 unspecified atom stereocenters. The summed E-state index contributed by atoms with van der Waals surface area (Å²) in [5, 5.41) is 2.00. The highest BCUT2D eigenvalue weighted by atomic mass is 127. The summed E-state index contributed by atoms with van der Waals surface area (Å²) in [5.41, 5.74) is 1.63. The Morgan fingerprint density at radius 2 is 1.91 bits per heavy atom. The molecule has 0 N–H and O–H groups in total. The lowest BCUT2D eigenvalue weighted by Crippen LogP contribution is -2.38. The zero-order valence-electron chi connectivity index (χ0n) is 12.7. The van der Waals surface area contributed by atoms with Gasteiger partial charge in [0.1, 0.15) is 9.90 Å². The van der Waals surface area contributed by atoms with Crippen molar-refractivity contribution in [1.29, 1.82) is 0 Å². The van der Waals surface area contributed by atoms with E-state index in [0.29, 0.717) is 10.2 Å². The Balaban J connectivity index is 2.42. The molecule has 7 heteroatoms. The molecule has 0 spiro atoms. The second-order valence-corrected chi connectivity index (χ2v) is 10.6. The third-order valence-electron chi connectivity index (χ3n) is 3.19. The molecule has 1 heterocycles. The van der Waals surface area contributed by atoms with E-state index in [1.807, 2.05) is 45.9 Å². The first-order chi connectivity index (χ1) is 10.1. The number of hydrogen-bond acceptors (Lipinski definition) is 3. The Labute approximate surface area is 158 Å².